The van der Waals surface area contributed by atoms with E-state index in [2.05, 4.69) is 29.4 Å². The fourth-order valence-electron chi connectivity index (χ4n) is 3.27. The first-order chi connectivity index (χ1) is 12.7. The summed E-state index contributed by atoms with van der Waals surface area (Å²) >= 11 is 0. The minimum atomic E-state index is 0.615. The molecule has 26 heavy (non-hydrogen) atoms. The van der Waals surface area contributed by atoms with Crippen molar-refractivity contribution in [2.45, 2.75) is 33.6 Å². The number of nitrogens with zero attached hydrogens (tertiary/aromatic N) is 2. The van der Waals surface area contributed by atoms with Crippen molar-refractivity contribution in [1.29, 1.82) is 0 Å². The minimum Gasteiger partial charge on any atom is -0.493 e. The van der Waals surface area contributed by atoms with E-state index in [0.29, 0.717) is 12.5 Å². The quantitative estimate of drug-likeness (QED) is 0.522. The van der Waals surface area contributed by atoms with Gasteiger partial charge in [0, 0.05) is 31.4 Å². The van der Waals surface area contributed by atoms with Gasteiger partial charge in [0.15, 0.2) is 17.5 Å². The van der Waals surface area contributed by atoms with Gasteiger partial charge in [0.1, 0.15) is 0 Å². The van der Waals surface area contributed by atoms with Crippen LogP contribution in [0, 0.1) is 5.92 Å². The fraction of sp³-hybridized carbons (Fsp3) is 0.650. The van der Waals surface area contributed by atoms with Crippen LogP contribution in [0.2, 0.25) is 0 Å². The van der Waals surface area contributed by atoms with Gasteiger partial charge in [-0.1, -0.05) is 6.92 Å². The standard InChI is InChI=1S/C20H34N4O2/c1-5-11-24-12-10-16(15-24)14-22-20(21-6-2)23-17-8-9-18(26-7-3)19(13-17)25-4/h8-9,13,16H,5-7,10-12,14-15H2,1-4H3,(H2,21,22,23). The zero-order valence-electron chi connectivity index (χ0n) is 16.7. The molecule has 0 radical (unpaired) electrons. The third-order valence-electron chi connectivity index (χ3n) is 4.49. The molecular formula is C20H34N4O2. The number of guanidine groups is 1. The third kappa shape index (κ3) is 6.09. The topological polar surface area (TPSA) is 58.1 Å². The van der Waals surface area contributed by atoms with E-state index in [1.165, 1.54) is 25.9 Å². The summed E-state index contributed by atoms with van der Waals surface area (Å²) < 4.78 is 11.0. The molecule has 1 unspecified atom stereocenters. The van der Waals surface area contributed by atoms with Gasteiger partial charge >= 0.3 is 0 Å². The van der Waals surface area contributed by atoms with Crippen molar-refractivity contribution in [2.75, 3.05) is 51.8 Å². The van der Waals surface area contributed by atoms with Gasteiger partial charge in [0.2, 0.25) is 0 Å². The van der Waals surface area contributed by atoms with Gasteiger partial charge in [0.05, 0.1) is 13.7 Å². The lowest BCUT2D eigenvalue weighted by atomic mass is 10.1. The Morgan fingerprint density at radius 3 is 2.81 bits per heavy atom. The molecule has 1 saturated heterocycles. The van der Waals surface area contributed by atoms with Gasteiger partial charge in [-0.15, -0.1) is 0 Å². The number of nitrogens with one attached hydrogen (secondary N) is 2. The number of aliphatic imine (C=N–C) groups is 1. The molecule has 1 aromatic rings. The summed E-state index contributed by atoms with van der Waals surface area (Å²) in [5.41, 5.74) is 0.934. The lowest BCUT2D eigenvalue weighted by Gasteiger charge is -2.16. The predicted molar refractivity (Wildman–Crippen MR) is 109 cm³/mol. The van der Waals surface area contributed by atoms with E-state index in [0.717, 1.165) is 42.8 Å². The van der Waals surface area contributed by atoms with Crippen LogP contribution < -0.4 is 20.1 Å². The highest BCUT2D eigenvalue weighted by atomic mass is 16.5. The van der Waals surface area contributed by atoms with E-state index in [4.69, 9.17) is 14.5 Å². The van der Waals surface area contributed by atoms with E-state index < -0.39 is 0 Å². The van der Waals surface area contributed by atoms with Gasteiger partial charge in [-0.25, -0.2) is 0 Å². The van der Waals surface area contributed by atoms with Crippen molar-refractivity contribution in [3.05, 3.63) is 18.2 Å². The van der Waals surface area contributed by atoms with E-state index in [1.54, 1.807) is 7.11 Å². The van der Waals surface area contributed by atoms with Crippen molar-refractivity contribution < 1.29 is 9.47 Å². The molecule has 6 nitrogen and oxygen atoms in total. The second-order valence-electron chi connectivity index (χ2n) is 6.60. The molecule has 0 saturated carbocycles. The molecule has 1 aromatic carbocycles. The van der Waals surface area contributed by atoms with Crippen molar-refractivity contribution in [1.82, 2.24) is 10.2 Å². The summed E-state index contributed by atoms with van der Waals surface area (Å²) in [6.45, 7) is 12.1. The lowest BCUT2D eigenvalue weighted by Crippen LogP contribution is -2.31. The van der Waals surface area contributed by atoms with Crippen LogP contribution in [0.4, 0.5) is 5.69 Å². The molecule has 1 heterocycles. The van der Waals surface area contributed by atoms with Gasteiger partial charge in [0.25, 0.3) is 0 Å². The van der Waals surface area contributed by atoms with E-state index >= 15 is 0 Å². The zero-order chi connectivity index (χ0) is 18.8. The lowest BCUT2D eigenvalue weighted by molar-refractivity contribution is 0.311. The second-order valence-corrected chi connectivity index (χ2v) is 6.60. The first-order valence-electron chi connectivity index (χ1n) is 9.78. The van der Waals surface area contributed by atoms with Crippen LogP contribution in [-0.2, 0) is 0 Å². The molecular weight excluding hydrogens is 328 g/mol. The molecule has 6 heteroatoms. The smallest absolute Gasteiger partial charge is 0.195 e. The Balaban J connectivity index is 1.99. The van der Waals surface area contributed by atoms with Crippen LogP contribution in [0.5, 0.6) is 11.5 Å². The highest BCUT2D eigenvalue weighted by molar-refractivity contribution is 5.93. The highest BCUT2D eigenvalue weighted by Gasteiger charge is 2.21. The summed E-state index contributed by atoms with van der Waals surface area (Å²) in [5.74, 6) is 2.93. The first-order valence-corrected chi connectivity index (χ1v) is 9.78. The summed E-state index contributed by atoms with van der Waals surface area (Å²) in [6, 6.07) is 5.85. The molecule has 1 atom stereocenters. The molecule has 1 aliphatic heterocycles. The molecule has 1 fully saturated rings. The Labute approximate surface area is 158 Å². The van der Waals surface area contributed by atoms with Crippen molar-refractivity contribution in [3.8, 4) is 11.5 Å². The van der Waals surface area contributed by atoms with E-state index in [9.17, 15) is 0 Å². The Bertz CT molecular complexity index is 577. The Hall–Kier alpha value is -1.95. The molecule has 2 rings (SSSR count). The average molecular weight is 363 g/mol. The van der Waals surface area contributed by atoms with Crippen molar-refractivity contribution in [2.24, 2.45) is 10.9 Å². The maximum absolute atomic E-state index is 5.58. The summed E-state index contributed by atoms with van der Waals surface area (Å²) in [6.07, 6.45) is 2.46. The van der Waals surface area contributed by atoms with Gasteiger partial charge < -0.3 is 25.0 Å². The molecule has 0 bridgehead atoms. The van der Waals surface area contributed by atoms with Crippen molar-refractivity contribution >= 4 is 11.6 Å². The average Bonchev–Trinajstić information content (AvgIpc) is 3.09. The maximum atomic E-state index is 5.58. The number of hydrogen-bond acceptors (Lipinski definition) is 4. The van der Waals surface area contributed by atoms with Crippen LogP contribution in [0.25, 0.3) is 0 Å². The monoisotopic (exact) mass is 362 g/mol. The Morgan fingerprint density at radius 1 is 1.27 bits per heavy atom. The molecule has 1 aliphatic rings. The molecule has 2 N–H and O–H groups in total. The number of hydrogen-bond donors (Lipinski definition) is 2. The summed E-state index contributed by atoms with van der Waals surface area (Å²) in [5, 5.41) is 6.70. The van der Waals surface area contributed by atoms with Crippen LogP contribution in [0.15, 0.2) is 23.2 Å². The van der Waals surface area contributed by atoms with Crippen LogP contribution >= 0.6 is 0 Å². The molecule has 0 aliphatic carbocycles. The maximum Gasteiger partial charge on any atom is 0.195 e. The molecule has 0 spiro atoms. The molecule has 0 aromatic heterocycles. The van der Waals surface area contributed by atoms with Gasteiger partial charge in [-0.2, -0.15) is 0 Å². The zero-order valence-corrected chi connectivity index (χ0v) is 16.7. The van der Waals surface area contributed by atoms with Crippen LogP contribution in [0.3, 0.4) is 0 Å². The predicted octanol–water partition coefficient (Wildman–Crippen LogP) is 3.20. The SMILES string of the molecule is CCCN1CCC(CN=C(NCC)Nc2ccc(OCC)c(OC)c2)C1. The minimum absolute atomic E-state index is 0.615. The Kier molecular flexibility index (Phi) is 8.54. The third-order valence-corrected chi connectivity index (χ3v) is 4.49. The highest BCUT2D eigenvalue weighted by Crippen LogP contribution is 2.30. The first kappa shape index (κ1) is 20.4. The molecule has 0 amide bonds. The summed E-state index contributed by atoms with van der Waals surface area (Å²) in [4.78, 5) is 7.33. The number of rotatable bonds is 9. The summed E-state index contributed by atoms with van der Waals surface area (Å²) in [7, 11) is 1.66. The Morgan fingerprint density at radius 2 is 2.12 bits per heavy atom. The second kappa shape index (κ2) is 10.9. The largest absolute Gasteiger partial charge is 0.493 e. The number of benzene rings is 1. The van der Waals surface area contributed by atoms with Crippen LogP contribution in [0.1, 0.15) is 33.6 Å². The van der Waals surface area contributed by atoms with E-state index in [-0.39, 0.29) is 0 Å². The molecule has 146 valence electrons. The van der Waals surface area contributed by atoms with Crippen LogP contribution in [-0.4, -0.2) is 57.3 Å². The van der Waals surface area contributed by atoms with Crippen molar-refractivity contribution in [3.63, 3.8) is 0 Å². The fourth-order valence-corrected chi connectivity index (χ4v) is 3.27. The number of anilines is 1. The number of methoxy groups -OCH3 is 1. The number of likely N-dealkylation sites (tertiary alicyclic amines) is 1. The van der Waals surface area contributed by atoms with Gasteiger partial charge in [-0.3, -0.25) is 4.99 Å². The van der Waals surface area contributed by atoms with Gasteiger partial charge in [-0.05, 0) is 57.8 Å². The van der Waals surface area contributed by atoms with E-state index in [1.807, 2.05) is 25.1 Å². The normalized spacial score (nSPS) is 18.0. The number of ether oxygens (including phenoxy) is 2.